The van der Waals surface area contributed by atoms with Gasteiger partial charge in [-0.25, -0.2) is 13.4 Å². The molecule has 18 heavy (non-hydrogen) atoms. The van der Waals surface area contributed by atoms with E-state index in [1.54, 1.807) is 12.1 Å². The molecule has 1 atom stereocenters. The predicted octanol–water partition coefficient (Wildman–Crippen LogP) is 1.90. The number of oxazole rings is 1. The van der Waals surface area contributed by atoms with Crippen LogP contribution >= 0.6 is 0 Å². The Bertz CT molecular complexity index is 657. The van der Waals surface area contributed by atoms with Crippen molar-refractivity contribution in [2.45, 2.75) is 24.3 Å². The summed E-state index contributed by atoms with van der Waals surface area (Å²) in [6.45, 7) is 2.03. The Morgan fingerprint density at radius 3 is 2.72 bits per heavy atom. The molecular weight excluding hydrogens is 252 g/mol. The molecule has 0 radical (unpaired) electrons. The number of nitrogens with zero attached hydrogens (tertiary/aromatic N) is 1. The van der Waals surface area contributed by atoms with E-state index in [0.717, 1.165) is 6.42 Å². The maximum atomic E-state index is 11.5. The minimum atomic E-state index is -3.21. The molecule has 2 rings (SSSR count). The highest BCUT2D eigenvalue weighted by molar-refractivity contribution is 7.90. The number of fused-ring (bicyclic) bond motifs is 1. The molecule has 0 saturated carbocycles. The third kappa shape index (κ3) is 2.39. The molecule has 98 valence electrons. The van der Waals surface area contributed by atoms with E-state index < -0.39 is 9.84 Å². The molecule has 1 heterocycles. The molecule has 0 spiro atoms. The monoisotopic (exact) mass is 268 g/mol. The lowest BCUT2D eigenvalue weighted by Crippen LogP contribution is -2.15. The van der Waals surface area contributed by atoms with Gasteiger partial charge in [0.05, 0.1) is 10.9 Å². The fourth-order valence-electron chi connectivity index (χ4n) is 1.81. The van der Waals surface area contributed by atoms with Crippen LogP contribution in [-0.4, -0.2) is 26.7 Å². The first-order valence-corrected chi connectivity index (χ1v) is 7.62. The van der Waals surface area contributed by atoms with Gasteiger partial charge in [0.15, 0.2) is 15.4 Å². The lowest BCUT2D eigenvalue weighted by Gasteiger charge is -2.07. The summed E-state index contributed by atoms with van der Waals surface area (Å²) in [6, 6.07) is 4.76. The molecule has 1 aromatic heterocycles. The van der Waals surface area contributed by atoms with E-state index in [0.29, 0.717) is 17.0 Å². The first kappa shape index (κ1) is 13.0. The largest absolute Gasteiger partial charge is 0.439 e. The van der Waals surface area contributed by atoms with E-state index in [4.69, 9.17) is 4.42 Å². The van der Waals surface area contributed by atoms with Crippen molar-refractivity contribution < 1.29 is 12.8 Å². The minimum absolute atomic E-state index is 0.0408. The second kappa shape index (κ2) is 4.70. The molecule has 5 nitrogen and oxygen atoms in total. The van der Waals surface area contributed by atoms with Crippen molar-refractivity contribution in [1.82, 2.24) is 10.3 Å². The van der Waals surface area contributed by atoms with Crippen molar-refractivity contribution in [3.8, 4) is 0 Å². The van der Waals surface area contributed by atoms with Crippen LogP contribution in [0.3, 0.4) is 0 Å². The summed E-state index contributed by atoms with van der Waals surface area (Å²) in [5.41, 5.74) is 1.17. The summed E-state index contributed by atoms with van der Waals surface area (Å²) in [5.74, 6) is 0.584. The highest BCUT2D eigenvalue weighted by atomic mass is 32.2. The van der Waals surface area contributed by atoms with Crippen LogP contribution < -0.4 is 5.32 Å². The topological polar surface area (TPSA) is 72.2 Å². The van der Waals surface area contributed by atoms with Crippen LogP contribution in [-0.2, 0) is 9.84 Å². The molecule has 0 fully saturated rings. The number of hydrogen-bond acceptors (Lipinski definition) is 5. The fourth-order valence-corrected chi connectivity index (χ4v) is 2.45. The molecule has 0 aliphatic carbocycles. The van der Waals surface area contributed by atoms with E-state index in [-0.39, 0.29) is 10.9 Å². The Balaban J connectivity index is 2.52. The Hall–Kier alpha value is -1.40. The van der Waals surface area contributed by atoms with Crippen LogP contribution in [0.5, 0.6) is 0 Å². The summed E-state index contributed by atoms with van der Waals surface area (Å²) >= 11 is 0. The maximum absolute atomic E-state index is 11.5. The van der Waals surface area contributed by atoms with Gasteiger partial charge in [0.1, 0.15) is 5.52 Å². The fraction of sp³-hybridized carbons (Fsp3) is 0.417. The van der Waals surface area contributed by atoms with Gasteiger partial charge in [-0.3, -0.25) is 0 Å². The summed E-state index contributed by atoms with van der Waals surface area (Å²) < 4.78 is 28.5. The normalized spacial score (nSPS) is 13.9. The molecule has 1 N–H and O–H groups in total. The molecule has 0 saturated heterocycles. The third-order valence-electron chi connectivity index (χ3n) is 2.86. The first-order valence-electron chi connectivity index (χ1n) is 5.73. The molecule has 0 amide bonds. The van der Waals surface area contributed by atoms with Crippen molar-refractivity contribution in [3.63, 3.8) is 0 Å². The van der Waals surface area contributed by atoms with Crippen molar-refractivity contribution in [1.29, 1.82) is 0 Å². The van der Waals surface area contributed by atoms with Crippen molar-refractivity contribution in [3.05, 3.63) is 24.1 Å². The molecule has 0 aliphatic heterocycles. The van der Waals surface area contributed by atoms with Crippen LogP contribution in [0.25, 0.3) is 11.1 Å². The van der Waals surface area contributed by atoms with Gasteiger partial charge in [0, 0.05) is 6.26 Å². The van der Waals surface area contributed by atoms with Crippen LogP contribution in [0.15, 0.2) is 27.5 Å². The zero-order valence-electron chi connectivity index (χ0n) is 10.6. The average Bonchev–Trinajstić information content (AvgIpc) is 2.71. The van der Waals surface area contributed by atoms with Crippen molar-refractivity contribution >= 4 is 20.9 Å². The van der Waals surface area contributed by atoms with Crippen molar-refractivity contribution in [2.75, 3.05) is 13.3 Å². The lowest BCUT2D eigenvalue weighted by molar-refractivity contribution is 0.427. The molecule has 6 heteroatoms. The summed E-state index contributed by atoms with van der Waals surface area (Å²) in [6.07, 6.45) is 2.03. The SMILES string of the molecule is CCC(NC)c1nc2cc(S(C)(=O)=O)ccc2o1. The van der Waals surface area contributed by atoms with Gasteiger partial charge in [-0.15, -0.1) is 0 Å². The molecule has 2 aromatic rings. The highest BCUT2D eigenvalue weighted by Gasteiger charge is 2.16. The average molecular weight is 268 g/mol. The highest BCUT2D eigenvalue weighted by Crippen LogP contribution is 2.24. The van der Waals surface area contributed by atoms with Gasteiger partial charge >= 0.3 is 0 Å². The van der Waals surface area contributed by atoms with Gasteiger partial charge < -0.3 is 9.73 Å². The summed E-state index contributed by atoms with van der Waals surface area (Å²) in [5, 5.41) is 3.10. The molecule has 1 unspecified atom stereocenters. The quantitative estimate of drug-likeness (QED) is 0.917. The lowest BCUT2D eigenvalue weighted by atomic mass is 10.2. The van der Waals surface area contributed by atoms with Gasteiger partial charge in [-0.1, -0.05) is 6.92 Å². The number of benzene rings is 1. The van der Waals surface area contributed by atoms with Gasteiger partial charge in [0.2, 0.25) is 5.89 Å². The van der Waals surface area contributed by atoms with Gasteiger partial charge in [-0.2, -0.15) is 0 Å². The first-order chi connectivity index (χ1) is 8.45. The number of aromatic nitrogens is 1. The van der Waals surface area contributed by atoms with Crippen LogP contribution in [0, 0.1) is 0 Å². The van der Waals surface area contributed by atoms with E-state index in [1.165, 1.54) is 12.3 Å². The van der Waals surface area contributed by atoms with E-state index in [9.17, 15) is 8.42 Å². The van der Waals surface area contributed by atoms with Crippen molar-refractivity contribution in [2.24, 2.45) is 0 Å². The zero-order chi connectivity index (χ0) is 13.3. The number of sulfone groups is 1. The third-order valence-corrected chi connectivity index (χ3v) is 3.97. The molecule has 0 aliphatic rings. The number of rotatable bonds is 4. The Labute approximate surface area is 106 Å². The minimum Gasteiger partial charge on any atom is -0.439 e. The predicted molar refractivity (Wildman–Crippen MR) is 69.2 cm³/mol. The Morgan fingerprint density at radius 1 is 1.44 bits per heavy atom. The van der Waals surface area contributed by atoms with Gasteiger partial charge in [-0.05, 0) is 31.7 Å². The molecule has 1 aromatic carbocycles. The van der Waals surface area contributed by atoms with Gasteiger partial charge in [0.25, 0.3) is 0 Å². The maximum Gasteiger partial charge on any atom is 0.212 e. The zero-order valence-corrected chi connectivity index (χ0v) is 11.4. The number of hydrogen-bond donors (Lipinski definition) is 1. The second-order valence-corrected chi connectivity index (χ2v) is 6.22. The molecule has 0 bridgehead atoms. The summed E-state index contributed by atoms with van der Waals surface area (Å²) in [4.78, 5) is 4.59. The molecular formula is C12H16N2O3S. The standard InChI is InChI=1S/C12H16N2O3S/c1-4-9(13-2)12-14-10-7-8(18(3,15)16)5-6-11(10)17-12/h5-7,9,13H,4H2,1-3H3. The smallest absolute Gasteiger partial charge is 0.212 e. The summed E-state index contributed by atoms with van der Waals surface area (Å²) in [7, 11) is -1.38. The van der Waals surface area contributed by atoms with E-state index in [1.807, 2.05) is 14.0 Å². The Kier molecular flexibility index (Phi) is 3.41. The van der Waals surface area contributed by atoms with Crippen LogP contribution in [0.4, 0.5) is 0 Å². The van der Waals surface area contributed by atoms with Crippen LogP contribution in [0.2, 0.25) is 0 Å². The second-order valence-electron chi connectivity index (χ2n) is 4.20. The Morgan fingerprint density at radius 2 is 2.17 bits per heavy atom. The van der Waals surface area contributed by atoms with E-state index >= 15 is 0 Å². The van der Waals surface area contributed by atoms with E-state index in [2.05, 4.69) is 10.3 Å². The van der Waals surface area contributed by atoms with Crippen LogP contribution in [0.1, 0.15) is 25.3 Å². The number of nitrogens with one attached hydrogen (secondary N) is 1.